The number of carbonyl (C=O) groups is 2. The van der Waals surface area contributed by atoms with Crippen LogP contribution >= 0.6 is 15.9 Å². The first-order valence-corrected chi connectivity index (χ1v) is 10.5. The van der Waals surface area contributed by atoms with E-state index in [1.807, 2.05) is 62.4 Å². The highest BCUT2D eigenvalue weighted by Gasteiger charge is 2.26. The maximum absolute atomic E-state index is 13.1. The zero-order chi connectivity index (χ0) is 21.4. The van der Waals surface area contributed by atoms with E-state index in [0.717, 1.165) is 21.3 Å². The van der Waals surface area contributed by atoms with Crippen LogP contribution in [-0.4, -0.2) is 36.4 Å². The van der Waals surface area contributed by atoms with Crippen LogP contribution in [0.25, 0.3) is 0 Å². The fourth-order valence-electron chi connectivity index (χ4n) is 2.84. The van der Waals surface area contributed by atoms with Gasteiger partial charge < -0.3 is 15.0 Å². The molecule has 0 aliphatic carbocycles. The van der Waals surface area contributed by atoms with Crippen molar-refractivity contribution in [1.82, 2.24) is 10.2 Å². The Labute approximate surface area is 181 Å². The number of hydrogen-bond acceptors (Lipinski definition) is 3. The molecule has 2 aromatic carbocycles. The van der Waals surface area contributed by atoms with Crippen LogP contribution in [-0.2, 0) is 22.6 Å². The fourth-order valence-corrected chi connectivity index (χ4v) is 3.11. The second kappa shape index (κ2) is 11.0. The van der Waals surface area contributed by atoms with Crippen molar-refractivity contribution in [3.05, 3.63) is 64.1 Å². The molecule has 5 nitrogen and oxygen atoms in total. The van der Waals surface area contributed by atoms with Crippen LogP contribution in [0.5, 0.6) is 5.75 Å². The number of ether oxygens (including phenoxy) is 1. The fraction of sp³-hybridized carbons (Fsp3) is 0.391. The highest BCUT2D eigenvalue weighted by atomic mass is 79.9. The van der Waals surface area contributed by atoms with E-state index in [1.165, 1.54) is 0 Å². The Morgan fingerprint density at radius 1 is 1.00 bits per heavy atom. The number of benzene rings is 2. The molecule has 29 heavy (non-hydrogen) atoms. The molecule has 0 saturated heterocycles. The van der Waals surface area contributed by atoms with Gasteiger partial charge in [0.2, 0.25) is 11.8 Å². The van der Waals surface area contributed by atoms with E-state index in [2.05, 4.69) is 21.2 Å². The van der Waals surface area contributed by atoms with Crippen molar-refractivity contribution in [2.45, 2.75) is 39.8 Å². The SMILES string of the molecule is COc1ccc(CC(=O)N(Cc2ccc(Br)cc2)[C@@H](C)C(=O)NCC(C)C)cc1. The number of carbonyl (C=O) groups excluding carboxylic acids is 2. The highest BCUT2D eigenvalue weighted by molar-refractivity contribution is 9.10. The maximum atomic E-state index is 13.1. The van der Waals surface area contributed by atoms with Crippen molar-refractivity contribution in [3.8, 4) is 5.75 Å². The van der Waals surface area contributed by atoms with E-state index in [9.17, 15) is 9.59 Å². The van der Waals surface area contributed by atoms with E-state index in [1.54, 1.807) is 18.9 Å². The number of halogens is 1. The van der Waals surface area contributed by atoms with Gasteiger partial charge in [0.1, 0.15) is 11.8 Å². The lowest BCUT2D eigenvalue weighted by atomic mass is 10.1. The Hall–Kier alpha value is -2.34. The van der Waals surface area contributed by atoms with E-state index >= 15 is 0 Å². The van der Waals surface area contributed by atoms with Gasteiger partial charge in [-0.15, -0.1) is 0 Å². The molecule has 156 valence electrons. The van der Waals surface area contributed by atoms with Crippen LogP contribution in [0.2, 0.25) is 0 Å². The van der Waals surface area contributed by atoms with Gasteiger partial charge in [-0.2, -0.15) is 0 Å². The highest BCUT2D eigenvalue weighted by Crippen LogP contribution is 2.17. The molecule has 0 bridgehead atoms. The van der Waals surface area contributed by atoms with Gasteiger partial charge in [0.25, 0.3) is 0 Å². The van der Waals surface area contributed by atoms with Crippen molar-refractivity contribution < 1.29 is 14.3 Å². The summed E-state index contributed by atoms with van der Waals surface area (Å²) in [4.78, 5) is 27.4. The van der Waals surface area contributed by atoms with Gasteiger partial charge in [0.15, 0.2) is 0 Å². The van der Waals surface area contributed by atoms with E-state index in [4.69, 9.17) is 4.74 Å². The van der Waals surface area contributed by atoms with Crippen molar-refractivity contribution in [2.75, 3.05) is 13.7 Å². The topological polar surface area (TPSA) is 58.6 Å². The molecule has 0 unspecified atom stereocenters. The zero-order valence-electron chi connectivity index (χ0n) is 17.4. The molecule has 2 amide bonds. The second-order valence-electron chi connectivity index (χ2n) is 7.49. The maximum Gasteiger partial charge on any atom is 0.242 e. The van der Waals surface area contributed by atoms with Crippen LogP contribution in [0, 0.1) is 5.92 Å². The standard InChI is InChI=1S/C23H29BrN2O3/c1-16(2)14-25-23(28)17(3)26(15-19-5-9-20(24)10-6-19)22(27)13-18-7-11-21(29-4)12-8-18/h5-12,16-17H,13-15H2,1-4H3,(H,25,28)/t17-/m0/s1. The first-order chi connectivity index (χ1) is 13.8. The van der Waals surface area contributed by atoms with E-state index in [-0.39, 0.29) is 18.2 Å². The first-order valence-electron chi connectivity index (χ1n) is 9.74. The van der Waals surface area contributed by atoms with Gasteiger partial charge in [0, 0.05) is 17.6 Å². The lowest BCUT2D eigenvalue weighted by molar-refractivity contribution is -0.140. The van der Waals surface area contributed by atoms with Gasteiger partial charge in [-0.05, 0) is 48.2 Å². The molecular formula is C23H29BrN2O3. The molecule has 2 rings (SSSR count). The molecular weight excluding hydrogens is 432 g/mol. The normalized spacial score (nSPS) is 11.8. The Balaban J connectivity index is 2.18. The average molecular weight is 461 g/mol. The molecule has 2 aromatic rings. The number of rotatable bonds is 9. The molecule has 0 heterocycles. The molecule has 0 aliphatic rings. The molecule has 0 saturated carbocycles. The van der Waals surface area contributed by atoms with Crippen molar-refractivity contribution in [3.63, 3.8) is 0 Å². The molecule has 6 heteroatoms. The summed E-state index contributed by atoms with van der Waals surface area (Å²) in [6.07, 6.45) is 0.225. The Kier molecular flexibility index (Phi) is 8.70. The average Bonchev–Trinajstić information content (AvgIpc) is 2.71. The minimum absolute atomic E-state index is 0.0923. The van der Waals surface area contributed by atoms with E-state index in [0.29, 0.717) is 19.0 Å². The van der Waals surface area contributed by atoms with Crippen molar-refractivity contribution in [1.29, 1.82) is 0 Å². The summed E-state index contributed by atoms with van der Waals surface area (Å²) in [5.74, 6) is 0.861. The molecule has 0 fully saturated rings. The number of nitrogens with zero attached hydrogens (tertiary/aromatic N) is 1. The Morgan fingerprint density at radius 2 is 1.59 bits per heavy atom. The van der Waals surface area contributed by atoms with Gasteiger partial charge in [-0.3, -0.25) is 9.59 Å². The summed E-state index contributed by atoms with van der Waals surface area (Å²) in [6.45, 7) is 6.82. The molecule has 1 atom stereocenters. The quantitative estimate of drug-likeness (QED) is 0.610. The predicted octanol–water partition coefficient (Wildman–Crippen LogP) is 4.19. The molecule has 1 N–H and O–H groups in total. The van der Waals surface area contributed by atoms with Crippen LogP contribution in [0.15, 0.2) is 53.0 Å². The smallest absolute Gasteiger partial charge is 0.242 e. The minimum atomic E-state index is -0.567. The molecule has 0 aromatic heterocycles. The summed E-state index contributed by atoms with van der Waals surface area (Å²) in [7, 11) is 1.61. The number of amides is 2. The molecule has 0 spiro atoms. The van der Waals surface area contributed by atoms with Crippen molar-refractivity contribution in [2.24, 2.45) is 5.92 Å². The van der Waals surface area contributed by atoms with Gasteiger partial charge >= 0.3 is 0 Å². The van der Waals surface area contributed by atoms with Crippen LogP contribution in [0.3, 0.4) is 0 Å². The summed E-state index contributed by atoms with van der Waals surface area (Å²) in [5.41, 5.74) is 1.85. The van der Waals surface area contributed by atoms with Crippen molar-refractivity contribution >= 4 is 27.7 Å². The largest absolute Gasteiger partial charge is 0.497 e. The minimum Gasteiger partial charge on any atom is -0.497 e. The van der Waals surface area contributed by atoms with Gasteiger partial charge in [-0.25, -0.2) is 0 Å². The van der Waals surface area contributed by atoms with Crippen LogP contribution in [0.4, 0.5) is 0 Å². The van der Waals surface area contributed by atoms with Crippen LogP contribution in [0.1, 0.15) is 31.9 Å². The third-order valence-electron chi connectivity index (χ3n) is 4.63. The Morgan fingerprint density at radius 3 is 2.14 bits per heavy atom. The summed E-state index contributed by atoms with van der Waals surface area (Å²) in [5, 5.41) is 2.93. The zero-order valence-corrected chi connectivity index (χ0v) is 19.0. The summed E-state index contributed by atoms with van der Waals surface area (Å²) < 4.78 is 6.15. The predicted molar refractivity (Wildman–Crippen MR) is 119 cm³/mol. The van der Waals surface area contributed by atoms with Gasteiger partial charge in [0.05, 0.1) is 13.5 Å². The first kappa shape index (κ1) is 22.9. The third-order valence-corrected chi connectivity index (χ3v) is 5.16. The van der Waals surface area contributed by atoms with E-state index < -0.39 is 6.04 Å². The monoisotopic (exact) mass is 460 g/mol. The molecule has 0 radical (unpaired) electrons. The summed E-state index contributed by atoms with van der Waals surface area (Å²) in [6, 6.07) is 14.6. The van der Waals surface area contributed by atoms with Gasteiger partial charge in [-0.1, -0.05) is 54.0 Å². The Bertz CT molecular complexity index is 804. The number of nitrogens with one attached hydrogen (secondary N) is 1. The molecule has 0 aliphatic heterocycles. The third kappa shape index (κ3) is 7.20. The summed E-state index contributed by atoms with van der Waals surface area (Å²) >= 11 is 3.43. The second-order valence-corrected chi connectivity index (χ2v) is 8.40. The number of methoxy groups -OCH3 is 1. The lowest BCUT2D eigenvalue weighted by Gasteiger charge is -2.29. The lowest BCUT2D eigenvalue weighted by Crippen LogP contribution is -2.48. The number of hydrogen-bond donors (Lipinski definition) is 1. The van der Waals surface area contributed by atoms with Crippen LogP contribution < -0.4 is 10.1 Å².